The van der Waals surface area contributed by atoms with Gasteiger partial charge < -0.3 is 10.1 Å². The van der Waals surface area contributed by atoms with Crippen LogP contribution in [0.1, 0.15) is 38.0 Å². The van der Waals surface area contributed by atoms with E-state index in [0.717, 1.165) is 13.0 Å². The zero-order valence-electron chi connectivity index (χ0n) is 11.7. The smallest absolute Gasteiger partial charge is 0.0661 e. The van der Waals surface area contributed by atoms with E-state index in [0.29, 0.717) is 17.6 Å². The third kappa shape index (κ3) is 2.49. The molecule has 102 valence electrons. The Labute approximate surface area is 115 Å². The number of nitrogens with one attached hydrogen (secondary N) is 1. The van der Waals surface area contributed by atoms with Gasteiger partial charge in [-0.2, -0.15) is 0 Å². The molecule has 2 unspecified atom stereocenters. The van der Waals surface area contributed by atoms with Crippen LogP contribution in [0.3, 0.4) is 0 Å². The van der Waals surface area contributed by atoms with Crippen LogP contribution in [-0.2, 0) is 11.2 Å². The number of hydrogen-bond donors (Lipinski definition) is 1. The minimum atomic E-state index is 0.365. The minimum Gasteiger partial charge on any atom is -0.377 e. The Hall–Kier alpha value is -0.380. The average molecular weight is 267 g/mol. The Morgan fingerprint density at radius 1 is 1.44 bits per heavy atom. The molecule has 1 fully saturated rings. The highest BCUT2D eigenvalue weighted by molar-refractivity contribution is 7.09. The maximum absolute atomic E-state index is 6.15. The van der Waals surface area contributed by atoms with Gasteiger partial charge in [-0.05, 0) is 37.8 Å². The topological polar surface area (TPSA) is 21.3 Å². The van der Waals surface area contributed by atoms with Gasteiger partial charge in [0.2, 0.25) is 0 Å². The number of ether oxygens (including phenoxy) is 1. The van der Waals surface area contributed by atoms with Crippen molar-refractivity contribution >= 4 is 11.3 Å². The molecule has 3 heteroatoms. The largest absolute Gasteiger partial charge is 0.377 e. The third-order valence-electron chi connectivity index (χ3n) is 4.70. The summed E-state index contributed by atoms with van der Waals surface area (Å²) in [5, 5.41) is 5.59. The van der Waals surface area contributed by atoms with E-state index in [1.165, 1.54) is 24.1 Å². The van der Waals surface area contributed by atoms with E-state index in [4.69, 9.17) is 4.74 Å². The van der Waals surface area contributed by atoms with Gasteiger partial charge in [0.1, 0.15) is 0 Å². The molecule has 1 N–H and O–H groups in total. The first-order valence-corrected chi connectivity index (χ1v) is 7.96. The molecule has 1 aliphatic rings. The van der Waals surface area contributed by atoms with Crippen LogP contribution in [0.4, 0.5) is 0 Å². The van der Waals surface area contributed by atoms with Crippen LogP contribution in [-0.4, -0.2) is 25.8 Å². The van der Waals surface area contributed by atoms with Crippen LogP contribution < -0.4 is 5.32 Å². The average Bonchev–Trinajstić information content (AvgIpc) is 2.87. The van der Waals surface area contributed by atoms with E-state index in [1.54, 1.807) is 0 Å². The molecule has 1 aromatic heterocycles. The Morgan fingerprint density at radius 3 is 2.78 bits per heavy atom. The maximum Gasteiger partial charge on any atom is 0.0661 e. The molecule has 1 aliphatic carbocycles. The second-order valence-electron chi connectivity index (χ2n) is 5.21. The first kappa shape index (κ1) is 14.0. The lowest BCUT2D eigenvalue weighted by Gasteiger charge is -2.55. The van der Waals surface area contributed by atoms with Gasteiger partial charge in [0.15, 0.2) is 0 Å². The van der Waals surface area contributed by atoms with Crippen LogP contribution in [0.2, 0.25) is 0 Å². The summed E-state index contributed by atoms with van der Waals surface area (Å²) in [6, 6.07) is 4.94. The van der Waals surface area contributed by atoms with Crippen molar-refractivity contribution in [1.82, 2.24) is 5.32 Å². The van der Waals surface area contributed by atoms with Gasteiger partial charge in [-0.1, -0.05) is 19.9 Å². The van der Waals surface area contributed by atoms with Gasteiger partial charge in [0, 0.05) is 22.8 Å². The highest BCUT2D eigenvalue weighted by atomic mass is 32.1. The van der Waals surface area contributed by atoms with E-state index >= 15 is 0 Å². The monoisotopic (exact) mass is 267 g/mol. The number of thiophene rings is 1. The van der Waals surface area contributed by atoms with Crippen LogP contribution in [0.25, 0.3) is 0 Å². The van der Waals surface area contributed by atoms with Gasteiger partial charge >= 0.3 is 0 Å². The highest BCUT2D eigenvalue weighted by Gasteiger charge is 2.52. The summed E-state index contributed by atoms with van der Waals surface area (Å²) in [5.41, 5.74) is 0.365. The van der Waals surface area contributed by atoms with Crippen molar-refractivity contribution < 1.29 is 4.74 Å². The predicted molar refractivity (Wildman–Crippen MR) is 78.2 cm³/mol. The molecule has 0 aliphatic heterocycles. The normalized spacial score (nSPS) is 25.9. The Balaban J connectivity index is 1.82. The zero-order valence-corrected chi connectivity index (χ0v) is 12.6. The lowest BCUT2D eigenvalue weighted by Crippen LogP contribution is -2.62. The van der Waals surface area contributed by atoms with E-state index in [9.17, 15) is 0 Å². The molecule has 0 saturated heterocycles. The van der Waals surface area contributed by atoms with Crippen LogP contribution in [0.15, 0.2) is 17.5 Å². The Kier molecular flexibility index (Phi) is 4.82. The van der Waals surface area contributed by atoms with Crippen LogP contribution in [0, 0.1) is 5.41 Å². The van der Waals surface area contributed by atoms with Crippen molar-refractivity contribution in [1.29, 1.82) is 0 Å². The molecular weight excluding hydrogens is 242 g/mol. The second-order valence-corrected chi connectivity index (χ2v) is 6.24. The molecule has 1 heterocycles. The Bertz CT molecular complexity index is 345. The summed E-state index contributed by atoms with van der Waals surface area (Å²) in [6.07, 6.45) is 5.09. The van der Waals surface area contributed by atoms with Gasteiger partial charge in [-0.3, -0.25) is 0 Å². The molecule has 0 aromatic carbocycles. The second kappa shape index (κ2) is 6.18. The summed E-state index contributed by atoms with van der Waals surface area (Å²) in [5.74, 6) is 0. The van der Waals surface area contributed by atoms with Crippen molar-refractivity contribution in [3.8, 4) is 0 Å². The molecular formula is C15H25NOS. The molecule has 2 rings (SSSR count). The summed E-state index contributed by atoms with van der Waals surface area (Å²) in [6.45, 7) is 5.45. The van der Waals surface area contributed by atoms with Gasteiger partial charge in [0.25, 0.3) is 0 Å². The molecule has 2 nitrogen and oxygen atoms in total. The van der Waals surface area contributed by atoms with Crippen molar-refractivity contribution in [2.75, 3.05) is 13.7 Å². The standard InChI is InChI=1S/C15H25NOS/c1-4-15(5-2)13(16-3)11-14(15)17-9-8-12-7-6-10-18-12/h6-7,10,13-14,16H,4-5,8-9,11H2,1-3H3. The van der Waals surface area contributed by atoms with Gasteiger partial charge in [-0.15, -0.1) is 11.3 Å². The summed E-state index contributed by atoms with van der Waals surface area (Å²) < 4.78 is 6.15. The van der Waals surface area contributed by atoms with Crippen molar-refractivity contribution in [2.45, 2.75) is 51.7 Å². The lowest BCUT2D eigenvalue weighted by molar-refractivity contribution is -0.138. The van der Waals surface area contributed by atoms with Gasteiger partial charge in [0.05, 0.1) is 12.7 Å². The zero-order chi connectivity index (χ0) is 13.0. The molecule has 0 spiro atoms. The summed E-state index contributed by atoms with van der Waals surface area (Å²) in [7, 11) is 2.08. The SMILES string of the molecule is CCC1(CC)C(NC)CC1OCCc1cccs1. The molecule has 1 saturated carbocycles. The minimum absolute atomic E-state index is 0.365. The van der Waals surface area contributed by atoms with Crippen molar-refractivity contribution in [3.63, 3.8) is 0 Å². The first-order chi connectivity index (χ1) is 8.76. The van der Waals surface area contributed by atoms with Gasteiger partial charge in [-0.25, -0.2) is 0 Å². The molecule has 0 amide bonds. The summed E-state index contributed by atoms with van der Waals surface area (Å²) >= 11 is 1.82. The fourth-order valence-electron chi connectivity index (χ4n) is 3.34. The Morgan fingerprint density at radius 2 is 2.22 bits per heavy atom. The van der Waals surface area contributed by atoms with E-state index in [2.05, 4.69) is 43.7 Å². The van der Waals surface area contributed by atoms with Crippen LogP contribution in [0.5, 0.6) is 0 Å². The lowest BCUT2D eigenvalue weighted by atomic mass is 9.58. The predicted octanol–water partition coefficient (Wildman–Crippen LogP) is 3.47. The van der Waals surface area contributed by atoms with E-state index < -0.39 is 0 Å². The maximum atomic E-state index is 6.15. The molecule has 0 radical (unpaired) electrons. The number of hydrogen-bond acceptors (Lipinski definition) is 3. The molecule has 0 bridgehead atoms. The number of rotatable bonds is 7. The fourth-order valence-corrected chi connectivity index (χ4v) is 4.03. The molecule has 18 heavy (non-hydrogen) atoms. The van der Waals surface area contributed by atoms with E-state index in [-0.39, 0.29) is 0 Å². The first-order valence-electron chi connectivity index (χ1n) is 7.08. The van der Waals surface area contributed by atoms with Crippen LogP contribution >= 0.6 is 11.3 Å². The van der Waals surface area contributed by atoms with Crippen molar-refractivity contribution in [2.24, 2.45) is 5.41 Å². The quantitative estimate of drug-likeness (QED) is 0.816. The third-order valence-corrected chi connectivity index (χ3v) is 5.63. The molecule has 2 atom stereocenters. The molecule has 1 aromatic rings. The van der Waals surface area contributed by atoms with Crippen molar-refractivity contribution in [3.05, 3.63) is 22.4 Å². The fraction of sp³-hybridized carbons (Fsp3) is 0.733. The highest BCUT2D eigenvalue weighted by Crippen LogP contribution is 2.48. The summed E-state index contributed by atoms with van der Waals surface area (Å²) in [4.78, 5) is 1.43. The van der Waals surface area contributed by atoms with E-state index in [1.807, 2.05) is 11.3 Å².